The van der Waals surface area contributed by atoms with Crippen molar-refractivity contribution in [3.05, 3.63) is 70.5 Å². The van der Waals surface area contributed by atoms with E-state index in [-0.39, 0.29) is 65.3 Å². The van der Waals surface area contributed by atoms with E-state index < -0.39 is 23.8 Å². The molecule has 0 saturated heterocycles. The summed E-state index contributed by atoms with van der Waals surface area (Å²) in [6.07, 6.45) is 4.29. The number of methoxy groups -OCH3 is 1. The summed E-state index contributed by atoms with van der Waals surface area (Å²) in [7, 11) is 5.17. The van der Waals surface area contributed by atoms with Gasteiger partial charge in [-0.25, -0.2) is 18.7 Å². The summed E-state index contributed by atoms with van der Waals surface area (Å²) in [5, 5.41) is 10.4. The minimum atomic E-state index is -0.822. The average molecular weight is 650 g/mol. The first-order chi connectivity index (χ1) is 21.5. The second-order valence-electron chi connectivity index (χ2n) is 10.5. The second-order valence-corrected chi connectivity index (χ2v) is 11.9. The lowest BCUT2D eigenvalue weighted by Gasteiger charge is -2.28. The highest BCUT2D eigenvalue weighted by Gasteiger charge is 2.29. The van der Waals surface area contributed by atoms with E-state index in [1.165, 1.54) is 24.5 Å². The summed E-state index contributed by atoms with van der Waals surface area (Å²) in [5.74, 6) is -0.426. The first-order valence-corrected chi connectivity index (χ1v) is 14.7. The van der Waals surface area contributed by atoms with Crippen LogP contribution >= 0.6 is 22.9 Å². The maximum Gasteiger partial charge on any atom is 0.324 e. The van der Waals surface area contributed by atoms with E-state index in [1.54, 1.807) is 31.5 Å². The minimum absolute atomic E-state index is 0.0109. The molecular formula is C30H26ClF2N9O2S. The molecule has 0 bridgehead atoms. The van der Waals surface area contributed by atoms with Crippen molar-refractivity contribution >= 4 is 60.6 Å². The topological polar surface area (TPSA) is 152 Å². The number of hydrogen-bond acceptors (Lipinski definition) is 12. The minimum Gasteiger partial charge on any atom is -0.424 e. The predicted molar refractivity (Wildman–Crippen MR) is 170 cm³/mol. The Hall–Kier alpha value is -4.84. The van der Waals surface area contributed by atoms with Gasteiger partial charge in [0.05, 0.1) is 27.9 Å². The zero-order valence-corrected chi connectivity index (χ0v) is 26.0. The molecule has 0 radical (unpaired) electrons. The quantitative estimate of drug-likeness (QED) is 0.225. The SMILES string of the molecule is CO[C@@H]1CN(C)C=C1Oc1nc(N(C)[C@H](C)c2cncnc2N)c2cc(Cl)c(-c3ccc(F)c4sc(N)c(C#N)c34)c(F)c2n1. The number of aromatic nitrogens is 4. The molecule has 1 aliphatic rings. The highest BCUT2D eigenvalue weighted by Crippen LogP contribution is 2.46. The Morgan fingerprint density at radius 1 is 1.27 bits per heavy atom. The van der Waals surface area contributed by atoms with Gasteiger partial charge < -0.3 is 30.7 Å². The number of nitrogens with two attached hydrogens (primary N) is 2. The number of halogens is 3. The zero-order chi connectivity index (χ0) is 32.2. The van der Waals surface area contributed by atoms with Crippen LogP contribution in [0.2, 0.25) is 5.02 Å². The molecule has 2 aromatic carbocycles. The first kappa shape index (κ1) is 30.2. The summed E-state index contributed by atoms with van der Waals surface area (Å²) >= 11 is 7.70. The number of hydrogen-bond donors (Lipinski definition) is 2. The van der Waals surface area contributed by atoms with Gasteiger partial charge in [0.15, 0.2) is 11.6 Å². The molecule has 1 aliphatic heterocycles. The van der Waals surface area contributed by atoms with Crippen LogP contribution < -0.4 is 21.1 Å². The number of ether oxygens (including phenoxy) is 2. The van der Waals surface area contributed by atoms with Crippen molar-refractivity contribution in [3.8, 4) is 23.2 Å². The number of benzene rings is 2. The van der Waals surface area contributed by atoms with Crippen LogP contribution in [0.4, 0.5) is 25.4 Å². The van der Waals surface area contributed by atoms with E-state index in [0.29, 0.717) is 17.9 Å². The highest BCUT2D eigenvalue weighted by molar-refractivity contribution is 7.23. The van der Waals surface area contributed by atoms with Crippen molar-refractivity contribution in [1.82, 2.24) is 24.8 Å². The maximum absolute atomic E-state index is 16.9. The predicted octanol–water partition coefficient (Wildman–Crippen LogP) is 5.65. The van der Waals surface area contributed by atoms with Crippen LogP contribution in [0.15, 0.2) is 42.7 Å². The van der Waals surface area contributed by atoms with E-state index in [9.17, 15) is 9.65 Å². The molecule has 11 nitrogen and oxygen atoms in total. The van der Waals surface area contributed by atoms with Crippen molar-refractivity contribution in [1.29, 1.82) is 5.26 Å². The van der Waals surface area contributed by atoms with E-state index >= 15 is 4.39 Å². The summed E-state index contributed by atoms with van der Waals surface area (Å²) < 4.78 is 43.5. The smallest absolute Gasteiger partial charge is 0.324 e. The van der Waals surface area contributed by atoms with Gasteiger partial charge in [0.2, 0.25) is 0 Å². The Balaban J connectivity index is 1.60. The molecule has 6 rings (SSSR count). The molecule has 0 spiro atoms. The van der Waals surface area contributed by atoms with Crippen LogP contribution in [0, 0.1) is 23.0 Å². The fourth-order valence-electron chi connectivity index (χ4n) is 5.39. The van der Waals surface area contributed by atoms with Crippen LogP contribution in [0.3, 0.4) is 0 Å². The van der Waals surface area contributed by atoms with E-state index in [4.69, 9.17) is 32.5 Å². The molecule has 0 unspecified atom stereocenters. The fraction of sp³-hybridized carbons (Fsp3) is 0.233. The molecule has 230 valence electrons. The molecular weight excluding hydrogens is 624 g/mol. The summed E-state index contributed by atoms with van der Waals surface area (Å²) in [5.41, 5.74) is 12.8. The van der Waals surface area contributed by atoms with Gasteiger partial charge in [0.25, 0.3) is 0 Å². The normalized spacial score (nSPS) is 15.4. The van der Waals surface area contributed by atoms with Gasteiger partial charge in [0, 0.05) is 55.5 Å². The van der Waals surface area contributed by atoms with Crippen LogP contribution in [-0.2, 0) is 4.74 Å². The number of rotatable bonds is 7. The van der Waals surface area contributed by atoms with Crippen molar-refractivity contribution in [2.24, 2.45) is 0 Å². The van der Waals surface area contributed by atoms with Gasteiger partial charge in [-0.15, -0.1) is 11.3 Å². The lowest BCUT2D eigenvalue weighted by Crippen LogP contribution is -2.25. The van der Waals surface area contributed by atoms with E-state index in [1.807, 2.05) is 24.9 Å². The fourth-order valence-corrected chi connectivity index (χ4v) is 6.63. The average Bonchev–Trinajstić information content (AvgIpc) is 3.56. The number of likely N-dealkylation sites (N-methyl/N-ethyl adjacent to an activating group) is 1. The molecule has 0 saturated carbocycles. The number of anilines is 3. The monoisotopic (exact) mass is 649 g/mol. The number of fused-ring (bicyclic) bond motifs is 2. The lowest BCUT2D eigenvalue weighted by atomic mass is 9.97. The Kier molecular flexibility index (Phi) is 7.77. The maximum atomic E-state index is 16.9. The van der Waals surface area contributed by atoms with Crippen LogP contribution in [-0.4, -0.2) is 58.7 Å². The second kappa shape index (κ2) is 11.6. The van der Waals surface area contributed by atoms with Gasteiger partial charge in [-0.1, -0.05) is 17.7 Å². The molecule has 4 heterocycles. The molecule has 45 heavy (non-hydrogen) atoms. The number of nitrogens with zero attached hydrogens (tertiary/aromatic N) is 7. The molecule has 2 atom stereocenters. The summed E-state index contributed by atoms with van der Waals surface area (Å²) in [6.45, 7) is 2.40. The summed E-state index contributed by atoms with van der Waals surface area (Å²) in [6, 6.07) is 5.52. The Morgan fingerprint density at radius 2 is 2.04 bits per heavy atom. The molecule has 3 aromatic heterocycles. The lowest BCUT2D eigenvalue weighted by molar-refractivity contribution is 0.0979. The van der Waals surface area contributed by atoms with Crippen LogP contribution in [0.5, 0.6) is 6.01 Å². The molecule has 0 amide bonds. The van der Waals surface area contributed by atoms with E-state index in [0.717, 1.165) is 11.3 Å². The molecule has 15 heteroatoms. The largest absolute Gasteiger partial charge is 0.424 e. The Bertz CT molecular complexity index is 2070. The van der Waals surface area contributed by atoms with Crippen LogP contribution in [0.25, 0.3) is 32.1 Å². The van der Waals surface area contributed by atoms with Crippen molar-refractivity contribution in [2.45, 2.75) is 19.1 Å². The summed E-state index contributed by atoms with van der Waals surface area (Å²) in [4.78, 5) is 21.0. The van der Waals surface area contributed by atoms with Crippen molar-refractivity contribution < 1.29 is 18.3 Å². The third-order valence-electron chi connectivity index (χ3n) is 7.79. The molecule has 4 N–H and O–H groups in total. The van der Waals surface area contributed by atoms with Gasteiger partial charge in [-0.3, -0.25) is 0 Å². The highest BCUT2D eigenvalue weighted by atomic mass is 35.5. The number of nitrogen functional groups attached to an aromatic ring is 2. The van der Waals surface area contributed by atoms with Gasteiger partial charge in [-0.05, 0) is 24.6 Å². The molecule has 0 fully saturated rings. The van der Waals surface area contributed by atoms with E-state index in [2.05, 4.69) is 19.9 Å². The standard InChI is InChI=1S/C30H26ClF2N9O2S/c1-13(17-9-37-12-38-27(17)35)42(3)29-15-7-18(31)23(14-5-6-19(32)26-22(14)16(8-34)28(36)45-26)24(33)25(15)39-30(40-29)44-21-11-41(2)10-20(21)43-4/h5-7,9,11-13,20H,10,36H2,1-4H3,(H2,35,37,38)/t13-,20-/m1/s1. The first-order valence-electron chi connectivity index (χ1n) is 13.5. The molecule has 0 aliphatic carbocycles. The van der Waals surface area contributed by atoms with Crippen molar-refractivity contribution in [3.63, 3.8) is 0 Å². The third kappa shape index (κ3) is 5.08. The van der Waals surface area contributed by atoms with Gasteiger partial charge in [0.1, 0.15) is 46.5 Å². The Labute approximate surface area is 265 Å². The molecule has 5 aromatic rings. The van der Waals surface area contributed by atoms with Crippen molar-refractivity contribution in [2.75, 3.05) is 44.1 Å². The number of nitriles is 1. The number of thiophene rings is 1. The van der Waals surface area contributed by atoms with Gasteiger partial charge in [-0.2, -0.15) is 15.2 Å². The Morgan fingerprint density at radius 3 is 2.76 bits per heavy atom. The third-order valence-corrected chi connectivity index (χ3v) is 9.12. The van der Waals surface area contributed by atoms with Crippen LogP contribution in [0.1, 0.15) is 24.1 Å². The van der Waals surface area contributed by atoms with Gasteiger partial charge >= 0.3 is 6.01 Å². The zero-order valence-electron chi connectivity index (χ0n) is 24.5.